The van der Waals surface area contributed by atoms with Gasteiger partial charge in [-0.05, 0) is 0 Å². The molecule has 0 aromatic carbocycles. The summed E-state index contributed by atoms with van der Waals surface area (Å²) in [6.07, 6.45) is 0. The predicted octanol–water partition coefficient (Wildman–Crippen LogP) is -12.0. The number of hydrogen-bond donors (Lipinski definition) is 0. The van der Waals surface area contributed by atoms with Crippen LogP contribution in [0.4, 0.5) is 0 Å². The van der Waals surface area contributed by atoms with Crippen LogP contribution in [0.15, 0.2) is 0 Å². The molecule has 0 atom stereocenters. The molecule has 0 N–H and O–H groups in total. The molecular weight excluding hydrogens is 620 g/mol. The van der Waals surface area contributed by atoms with Crippen LogP contribution in [-0.4, -0.2) is 0 Å². The quantitative estimate of drug-likeness (QED) is 0.187. The summed E-state index contributed by atoms with van der Waals surface area (Å²) in [5.41, 5.74) is 0. The van der Waals surface area contributed by atoms with Gasteiger partial charge in [0.25, 0.3) is 0 Å². The van der Waals surface area contributed by atoms with Gasteiger partial charge in [0.15, 0.2) is 0 Å². The zero-order chi connectivity index (χ0) is 0. The minimum atomic E-state index is 0. The van der Waals surface area contributed by atoms with E-state index in [0.29, 0.717) is 0 Å². The van der Waals surface area contributed by atoms with Gasteiger partial charge in [-0.3, -0.25) is 0 Å². The van der Waals surface area contributed by atoms with Gasteiger partial charge >= 0.3 is 79.1 Å². The Hall–Kier alpha value is 4.76. The first-order chi connectivity index (χ1) is 0. The zero-order valence-corrected chi connectivity index (χ0v) is 17.9. The molecule has 0 radical (unpaired) electrons. The summed E-state index contributed by atoms with van der Waals surface area (Å²) in [5.74, 6) is 0. The van der Waals surface area contributed by atoms with E-state index in [9.17, 15) is 0 Å². The van der Waals surface area contributed by atoms with Gasteiger partial charge in [0.2, 0.25) is 0 Å². The first-order valence-electron chi connectivity index (χ1n) is 0. The average molecular weight is 620 g/mol. The van der Waals surface area contributed by atoms with Gasteiger partial charge in [0.1, 0.15) is 0 Å². The van der Waals surface area contributed by atoms with E-state index in [1.165, 1.54) is 0 Å². The van der Waals surface area contributed by atoms with Crippen molar-refractivity contribution in [3.8, 4) is 0 Å². The second-order valence-electron chi connectivity index (χ2n) is 0. The van der Waals surface area contributed by atoms with Crippen LogP contribution >= 0.6 is 0 Å². The van der Waals surface area contributed by atoms with Crippen molar-refractivity contribution in [2.45, 2.75) is 0 Å². The van der Waals surface area contributed by atoms with Crippen LogP contribution in [0.5, 0.6) is 0 Å². The minimum absolute atomic E-state index is 0. The van der Waals surface area contributed by atoms with E-state index in [1.54, 1.807) is 0 Å². The fourth-order valence-corrected chi connectivity index (χ4v) is 0. The van der Waals surface area contributed by atoms with Crippen LogP contribution in [0.25, 0.3) is 0 Å². The topological polar surface area (TPSA) is 0 Å². The van der Waals surface area contributed by atoms with E-state index in [0.717, 1.165) is 0 Å². The molecule has 0 fully saturated rings. The predicted molar refractivity (Wildman–Crippen MR) is 0 cm³/mol. The molecule has 0 aliphatic rings. The molecule has 0 unspecified atom stereocenters. The van der Waals surface area contributed by atoms with E-state index in [4.69, 9.17) is 0 Å². The Morgan fingerprint density at radius 2 is 0.600 bits per heavy atom. The molecule has 0 rings (SSSR count). The first-order valence-corrected chi connectivity index (χ1v) is 0. The summed E-state index contributed by atoms with van der Waals surface area (Å²) in [7, 11) is 0. The number of hydrogen-bond acceptors (Lipinski definition) is 0. The standard InChI is InChI=1S/Hg.3HI.K/h;3*1H;/q+2;;;;+1/p-3. The Morgan fingerprint density at radius 3 is 0.600 bits per heavy atom. The van der Waals surface area contributed by atoms with Crippen LogP contribution in [0.3, 0.4) is 0 Å². The third-order valence-corrected chi connectivity index (χ3v) is 0. The fraction of sp³-hybridized carbons (Fsp3) is 0. The van der Waals surface area contributed by atoms with Crippen LogP contribution in [0, 0.1) is 0 Å². The molecule has 0 nitrogen and oxygen atoms in total. The maximum Gasteiger partial charge on any atom is 2.00 e. The van der Waals surface area contributed by atoms with Crippen LogP contribution in [-0.2, 0) is 27.7 Å². The Morgan fingerprint density at radius 1 is 0.600 bits per heavy atom. The van der Waals surface area contributed by atoms with Crippen molar-refractivity contribution in [2.75, 3.05) is 0 Å². The van der Waals surface area contributed by atoms with Crippen molar-refractivity contribution >= 4 is 0 Å². The molecule has 0 aliphatic heterocycles. The summed E-state index contributed by atoms with van der Waals surface area (Å²) in [6, 6.07) is 0. The Kier molecular flexibility index (Phi) is 154. The Balaban J connectivity index is 0. The van der Waals surface area contributed by atoms with Gasteiger partial charge in [0.05, 0.1) is 0 Å². The minimum Gasteiger partial charge on any atom is -1.00 e. The van der Waals surface area contributed by atoms with Gasteiger partial charge < -0.3 is 71.9 Å². The largest absolute Gasteiger partial charge is 2.00 e. The SMILES string of the molecule is [Hg+2].[I-].[I-].[I-].[K+]. The van der Waals surface area contributed by atoms with Crippen molar-refractivity contribution in [1.29, 1.82) is 0 Å². The Labute approximate surface area is 146 Å². The van der Waals surface area contributed by atoms with E-state index in [2.05, 4.69) is 0 Å². The average Bonchev–Trinajstić information content (AvgIpc) is 0. The molecule has 24 valence electrons. The van der Waals surface area contributed by atoms with Crippen molar-refractivity contribution in [1.82, 2.24) is 0 Å². The zero-order valence-electron chi connectivity index (χ0n) is 2.84. The third kappa shape index (κ3) is 17.7. The molecule has 0 spiro atoms. The van der Waals surface area contributed by atoms with Crippen molar-refractivity contribution in [3.05, 3.63) is 0 Å². The molecular formula is HgI3K. The normalized spacial score (nSPS) is 0. The maximum absolute atomic E-state index is 0. The van der Waals surface area contributed by atoms with E-state index in [-0.39, 0.29) is 151 Å². The van der Waals surface area contributed by atoms with Gasteiger partial charge in [-0.25, -0.2) is 0 Å². The Bertz CT molecular complexity index is 6.85. The van der Waals surface area contributed by atoms with E-state index >= 15 is 0 Å². The summed E-state index contributed by atoms with van der Waals surface area (Å²) in [4.78, 5) is 0. The molecule has 0 aliphatic carbocycles. The molecule has 0 aromatic heterocycles. The maximum atomic E-state index is 0. The molecule has 0 saturated carbocycles. The van der Waals surface area contributed by atoms with E-state index < -0.39 is 0 Å². The third-order valence-electron chi connectivity index (χ3n) is 0. The van der Waals surface area contributed by atoms with Gasteiger partial charge in [-0.2, -0.15) is 0 Å². The molecule has 0 amide bonds. The second kappa shape index (κ2) is 23.3. The molecule has 0 bridgehead atoms. The van der Waals surface area contributed by atoms with Gasteiger partial charge in [-0.15, -0.1) is 0 Å². The molecule has 0 saturated heterocycles. The number of rotatable bonds is 0. The van der Waals surface area contributed by atoms with E-state index in [1.807, 2.05) is 0 Å². The molecule has 5 heteroatoms. The van der Waals surface area contributed by atoms with Crippen LogP contribution < -0.4 is 123 Å². The van der Waals surface area contributed by atoms with Crippen molar-refractivity contribution in [2.24, 2.45) is 0 Å². The monoisotopic (exact) mass is 622 g/mol. The second-order valence-corrected chi connectivity index (χ2v) is 0. The van der Waals surface area contributed by atoms with Crippen LogP contribution in [0.1, 0.15) is 0 Å². The van der Waals surface area contributed by atoms with Gasteiger partial charge in [0, 0.05) is 0 Å². The summed E-state index contributed by atoms with van der Waals surface area (Å²) >= 11 is 0. The van der Waals surface area contributed by atoms with Gasteiger partial charge in [-0.1, -0.05) is 0 Å². The van der Waals surface area contributed by atoms with Crippen LogP contribution in [0.2, 0.25) is 0 Å². The van der Waals surface area contributed by atoms with Crippen molar-refractivity contribution < 1.29 is 151 Å². The molecule has 0 aromatic rings. The summed E-state index contributed by atoms with van der Waals surface area (Å²) in [6.45, 7) is 0. The number of halogens is 3. The molecule has 5 heavy (non-hydrogen) atoms. The first kappa shape index (κ1) is 33.1. The summed E-state index contributed by atoms with van der Waals surface area (Å²) in [5, 5.41) is 0. The molecule has 0 heterocycles. The summed E-state index contributed by atoms with van der Waals surface area (Å²) < 4.78 is 0. The fourth-order valence-electron chi connectivity index (χ4n) is 0. The van der Waals surface area contributed by atoms with Crippen molar-refractivity contribution in [3.63, 3.8) is 0 Å². The smallest absolute Gasteiger partial charge is 1.00 e.